The smallest absolute Gasteiger partial charge is 0.256 e. The molecule has 5 nitrogen and oxygen atoms in total. The second-order valence-corrected chi connectivity index (χ2v) is 5.70. The molecule has 2 heterocycles. The molecular formula is C14H16N2O3S. The van der Waals surface area contributed by atoms with Gasteiger partial charge in [0.05, 0.1) is 10.6 Å². The van der Waals surface area contributed by atoms with Gasteiger partial charge in [-0.25, -0.2) is 0 Å². The zero-order chi connectivity index (χ0) is 14.7. The molecule has 0 aromatic carbocycles. The van der Waals surface area contributed by atoms with Gasteiger partial charge in [-0.2, -0.15) is 0 Å². The van der Waals surface area contributed by atoms with Crippen molar-refractivity contribution in [1.29, 1.82) is 0 Å². The molecule has 0 aliphatic rings. The molecule has 2 rings (SSSR count). The van der Waals surface area contributed by atoms with Crippen molar-refractivity contribution < 1.29 is 14.1 Å². The van der Waals surface area contributed by atoms with Crippen molar-refractivity contribution in [2.75, 3.05) is 6.54 Å². The molecule has 0 atom stereocenters. The van der Waals surface area contributed by atoms with Gasteiger partial charge in [-0.1, -0.05) is 5.16 Å². The molecule has 2 aromatic heterocycles. The molecule has 0 aliphatic carbocycles. The summed E-state index contributed by atoms with van der Waals surface area (Å²) in [5.74, 6) is 0.417. The van der Waals surface area contributed by atoms with Gasteiger partial charge in [0.15, 0.2) is 5.78 Å². The molecule has 1 amide bonds. The molecule has 0 spiro atoms. The van der Waals surface area contributed by atoms with E-state index >= 15 is 0 Å². The third-order valence-corrected chi connectivity index (χ3v) is 4.17. The molecule has 20 heavy (non-hydrogen) atoms. The van der Waals surface area contributed by atoms with E-state index in [0.717, 1.165) is 9.75 Å². The highest BCUT2D eigenvalue weighted by atomic mass is 32.1. The minimum atomic E-state index is -0.176. The number of ketones is 1. The Balaban J connectivity index is 1.89. The maximum absolute atomic E-state index is 12.0. The van der Waals surface area contributed by atoms with Crippen LogP contribution in [0.5, 0.6) is 0 Å². The number of hydrogen-bond acceptors (Lipinski definition) is 5. The second kappa shape index (κ2) is 6.00. The van der Waals surface area contributed by atoms with E-state index in [1.165, 1.54) is 11.3 Å². The maximum Gasteiger partial charge on any atom is 0.256 e. The summed E-state index contributed by atoms with van der Waals surface area (Å²) in [6.45, 7) is 5.52. The lowest BCUT2D eigenvalue weighted by atomic mass is 10.2. The Morgan fingerprint density at radius 3 is 2.65 bits per heavy atom. The van der Waals surface area contributed by atoms with Crippen molar-refractivity contribution in [3.8, 4) is 0 Å². The minimum Gasteiger partial charge on any atom is -0.361 e. The van der Waals surface area contributed by atoms with Gasteiger partial charge in [0.25, 0.3) is 5.91 Å². The summed E-state index contributed by atoms with van der Waals surface area (Å²) < 4.78 is 4.96. The number of rotatable bonds is 5. The fraction of sp³-hybridized carbons (Fsp3) is 0.357. The number of nitrogens with one attached hydrogen (secondary N) is 1. The van der Waals surface area contributed by atoms with Crippen LogP contribution in [0.1, 0.15) is 43.3 Å². The summed E-state index contributed by atoms with van der Waals surface area (Å²) in [6, 6.07) is 3.74. The second-order valence-electron chi connectivity index (χ2n) is 4.53. The molecule has 0 saturated heterocycles. The number of carbonyl (C=O) groups excluding carboxylic acids is 2. The largest absolute Gasteiger partial charge is 0.361 e. The molecule has 0 fully saturated rings. The Bertz CT molecular complexity index is 623. The monoisotopic (exact) mass is 292 g/mol. The number of aromatic nitrogens is 1. The SMILES string of the molecule is CC(=O)c1ccc(CCNC(=O)c2c(C)noc2C)s1. The molecule has 2 aromatic rings. The number of thiophene rings is 1. The Kier molecular flexibility index (Phi) is 4.34. The van der Waals surface area contributed by atoms with Gasteiger partial charge in [0.2, 0.25) is 0 Å². The van der Waals surface area contributed by atoms with Crippen LogP contribution in [0.3, 0.4) is 0 Å². The van der Waals surface area contributed by atoms with Crippen LogP contribution in [0.15, 0.2) is 16.7 Å². The summed E-state index contributed by atoms with van der Waals surface area (Å²) in [6.07, 6.45) is 0.701. The predicted octanol–water partition coefficient (Wildman–Crippen LogP) is 2.53. The van der Waals surface area contributed by atoms with Crippen LogP contribution in [0.25, 0.3) is 0 Å². The van der Waals surface area contributed by atoms with Crippen LogP contribution in [0, 0.1) is 13.8 Å². The number of Topliss-reactive ketones (excluding diaryl/α,β-unsaturated/α-hetero) is 1. The zero-order valence-electron chi connectivity index (χ0n) is 11.6. The normalized spacial score (nSPS) is 10.6. The summed E-state index contributed by atoms with van der Waals surface area (Å²) in [4.78, 5) is 25.0. The van der Waals surface area contributed by atoms with Gasteiger partial charge in [-0.15, -0.1) is 11.3 Å². The highest BCUT2D eigenvalue weighted by molar-refractivity contribution is 7.14. The van der Waals surface area contributed by atoms with Crippen LogP contribution in [0.2, 0.25) is 0 Å². The van der Waals surface area contributed by atoms with E-state index in [1.807, 2.05) is 12.1 Å². The van der Waals surface area contributed by atoms with E-state index < -0.39 is 0 Å². The summed E-state index contributed by atoms with van der Waals surface area (Å²) in [5, 5.41) is 6.59. The third kappa shape index (κ3) is 3.14. The summed E-state index contributed by atoms with van der Waals surface area (Å²) in [5.41, 5.74) is 1.09. The minimum absolute atomic E-state index is 0.0704. The van der Waals surface area contributed by atoms with Gasteiger partial charge < -0.3 is 9.84 Å². The van der Waals surface area contributed by atoms with E-state index in [9.17, 15) is 9.59 Å². The van der Waals surface area contributed by atoms with Gasteiger partial charge in [-0.05, 0) is 39.3 Å². The molecule has 1 N–H and O–H groups in total. The molecule has 6 heteroatoms. The predicted molar refractivity (Wildman–Crippen MR) is 76.3 cm³/mol. The van der Waals surface area contributed by atoms with Gasteiger partial charge in [-0.3, -0.25) is 9.59 Å². The molecule has 0 radical (unpaired) electrons. The standard InChI is InChI=1S/C14H16N2O3S/c1-8-13(10(3)19-16-8)14(18)15-7-6-11-4-5-12(20-11)9(2)17/h4-5H,6-7H2,1-3H3,(H,15,18). The zero-order valence-corrected chi connectivity index (χ0v) is 12.5. The lowest BCUT2D eigenvalue weighted by molar-refractivity contribution is 0.0951. The van der Waals surface area contributed by atoms with Gasteiger partial charge >= 0.3 is 0 Å². The highest BCUT2D eigenvalue weighted by Gasteiger charge is 2.16. The van der Waals surface area contributed by atoms with Crippen molar-refractivity contribution in [3.05, 3.63) is 38.9 Å². The van der Waals surface area contributed by atoms with Crippen LogP contribution in [0.4, 0.5) is 0 Å². The molecule has 106 valence electrons. The molecule has 0 aliphatic heterocycles. The average molecular weight is 292 g/mol. The first-order chi connectivity index (χ1) is 9.49. The molecular weight excluding hydrogens is 276 g/mol. The Morgan fingerprint density at radius 2 is 2.10 bits per heavy atom. The van der Waals surface area contributed by atoms with Crippen molar-refractivity contribution in [2.45, 2.75) is 27.2 Å². The van der Waals surface area contributed by atoms with E-state index in [-0.39, 0.29) is 11.7 Å². The van der Waals surface area contributed by atoms with Crippen molar-refractivity contribution in [1.82, 2.24) is 10.5 Å². The van der Waals surface area contributed by atoms with Crippen LogP contribution < -0.4 is 5.32 Å². The van der Waals surface area contributed by atoms with Crippen molar-refractivity contribution >= 4 is 23.0 Å². The number of hydrogen-bond donors (Lipinski definition) is 1. The first-order valence-corrected chi connectivity index (χ1v) is 7.11. The van der Waals surface area contributed by atoms with E-state index in [2.05, 4.69) is 10.5 Å². The topological polar surface area (TPSA) is 72.2 Å². The number of amides is 1. The van der Waals surface area contributed by atoms with E-state index in [4.69, 9.17) is 4.52 Å². The fourth-order valence-electron chi connectivity index (χ4n) is 1.90. The average Bonchev–Trinajstić information content (AvgIpc) is 2.97. The van der Waals surface area contributed by atoms with Crippen LogP contribution in [-0.4, -0.2) is 23.4 Å². The van der Waals surface area contributed by atoms with Gasteiger partial charge in [0.1, 0.15) is 11.3 Å². The highest BCUT2D eigenvalue weighted by Crippen LogP contribution is 2.17. The Hall–Kier alpha value is -1.95. The third-order valence-electron chi connectivity index (χ3n) is 2.93. The van der Waals surface area contributed by atoms with E-state index in [1.54, 1.807) is 20.8 Å². The number of nitrogens with zero attached hydrogens (tertiary/aromatic N) is 1. The molecule has 0 unspecified atom stereocenters. The lowest BCUT2D eigenvalue weighted by Crippen LogP contribution is -2.26. The fourth-order valence-corrected chi connectivity index (χ4v) is 2.80. The summed E-state index contributed by atoms with van der Waals surface area (Å²) >= 11 is 1.46. The number of aryl methyl sites for hydroxylation is 2. The van der Waals surface area contributed by atoms with Crippen LogP contribution >= 0.6 is 11.3 Å². The molecule has 0 saturated carbocycles. The molecule has 0 bridgehead atoms. The Labute approximate surface area is 121 Å². The lowest BCUT2D eigenvalue weighted by Gasteiger charge is -2.03. The van der Waals surface area contributed by atoms with Crippen molar-refractivity contribution in [3.63, 3.8) is 0 Å². The quantitative estimate of drug-likeness (QED) is 0.860. The first-order valence-electron chi connectivity index (χ1n) is 6.29. The van der Waals surface area contributed by atoms with Crippen molar-refractivity contribution in [2.24, 2.45) is 0 Å². The van der Waals surface area contributed by atoms with Crippen LogP contribution in [-0.2, 0) is 6.42 Å². The number of carbonyl (C=O) groups is 2. The van der Waals surface area contributed by atoms with E-state index in [0.29, 0.717) is 30.0 Å². The Morgan fingerprint density at radius 1 is 1.35 bits per heavy atom. The first kappa shape index (κ1) is 14.5. The maximum atomic E-state index is 12.0. The van der Waals surface area contributed by atoms with Gasteiger partial charge in [0, 0.05) is 11.4 Å². The summed E-state index contributed by atoms with van der Waals surface area (Å²) in [7, 11) is 0.